The first-order valence-corrected chi connectivity index (χ1v) is 16.2. The first kappa shape index (κ1) is 32.5. The zero-order valence-electron chi connectivity index (χ0n) is 27.9. The minimum Gasteiger partial charge on any atom is -0.469 e. The highest BCUT2D eigenvalue weighted by Gasteiger charge is 2.61. The number of aliphatic hydroxyl groups is 1. The molecule has 1 spiro atoms. The van der Waals surface area contributed by atoms with Crippen LogP contribution in [0, 0.1) is 23.1 Å². The molecular formula is C36H37FN4O8. The van der Waals surface area contributed by atoms with Crippen molar-refractivity contribution in [3.63, 3.8) is 0 Å². The van der Waals surface area contributed by atoms with E-state index in [9.17, 15) is 19.5 Å². The van der Waals surface area contributed by atoms with Crippen molar-refractivity contribution in [3.05, 3.63) is 82.5 Å². The van der Waals surface area contributed by atoms with Crippen LogP contribution < -0.4 is 15.4 Å². The molecule has 49 heavy (non-hydrogen) atoms. The number of benzene rings is 2. The highest BCUT2D eigenvalue weighted by molar-refractivity contribution is 5.90. The Morgan fingerprint density at radius 3 is 2.61 bits per heavy atom. The van der Waals surface area contributed by atoms with Gasteiger partial charge in [-0.2, -0.15) is 0 Å². The lowest BCUT2D eigenvalue weighted by Gasteiger charge is -2.32. The molecule has 5 heterocycles. The number of ketones is 1. The number of methoxy groups -OCH3 is 1. The maximum Gasteiger partial charge on any atom is 0.360 e. The van der Waals surface area contributed by atoms with Crippen molar-refractivity contribution in [2.24, 2.45) is 17.3 Å². The number of esters is 1. The van der Waals surface area contributed by atoms with Crippen LogP contribution >= 0.6 is 0 Å². The molecule has 13 heteroatoms. The second kappa shape index (κ2) is 11.5. The number of hydrogen-bond donors (Lipinski definition) is 3. The molecule has 3 aliphatic rings. The fourth-order valence-corrected chi connectivity index (χ4v) is 7.01. The van der Waals surface area contributed by atoms with E-state index in [1.807, 2.05) is 32.9 Å². The van der Waals surface area contributed by atoms with Crippen molar-refractivity contribution in [1.82, 2.24) is 15.3 Å². The number of fused-ring (bicyclic) bond motifs is 4. The van der Waals surface area contributed by atoms with Gasteiger partial charge in [-0.1, -0.05) is 46.8 Å². The Morgan fingerprint density at radius 2 is 1.90 bits per heavy atom. The quantitative estimate of drug-likeness (QED) is 0.234. The van der Waals surface area contributed by atoms with Crippen molar-refractivity contribution >= 4 is 23.3 Å². The van der Waals surface area contributed by atoms with Crippen molar-refractivity contribution in [2.45, 2.75) is 71.2 Å². The summed E-state index contributed by atoms with van der Waals surface area (Å²) in [6.45, 7) is 9.19. The lowest BCUT2D eigenvalue weighted by atomic mass is 9.72. The van der Waals surface area contributed by atoms with Crippen molar-refractivity contribution in [1.29, 1.82) is 0 Å². The molecule has 2 aromatic heterocycles. The van der Waals surface area contributed by atoms with Crippen molar-refractivity contribution in [2.75, 3.05) is 12.4 Å². The van der Waals surface area contributed by atoms with Gasteiger partial charge in [0.2, 0.25) is 17.7 Å². The summed E-state index contributed by atoms with van der Waals surface area (Å²) in [5.41, 5.74) is 0.426. The normalized spacial score (nSPS) is 23.0. The zero-order chi connectivity index (χ0) is 35.0. The molecule has 3 aliphatic heterocycles. The highest BCUT2D eigenvalue weighted by atomic mass is 19.1. The average Bonchev–Trinajstić information content (AvgIpc) is 3.83. The van der Waals surface area contributed by atoms with Crippen LogP contribution in [0.3, 0.4) is 0 Å². The first-order valence-electron chi connectivity index (χ1n) is 16.2. The second-order valence-corrected chi connectivity index (χ2v) is 14.3. The predicted octanol–water partition coefficient (Wildman–Crippen LogP) is 5.09. The molecule has 0 aliphatic carbocycles. The third kappa shape index (κ3) is 5.18. The fraction of sp³-hybridized carbons (Fsp3) is 0.417. The lowest BCUT2D eigenvalue weighted by molar-refractivity contribution is -0.135. The Morgan fingerprint density at radius 1 is 1.12 bits per heavy atom. The molecule has 0 saturated heterocycles. The van der Waals surface area contributed by atoms with Gasteiger partial charge < -0.3 is 34.0 Å². The standard InChI is InChI=1S/C36H37FN4O8/c1-16(2)27(43)24(42)13-18-11-17-7-10-25-21(12-17)36(20-14-19(37)8-9-22(20)39-34(36)48-25)29-26(31-38-23(15-47-31)33(45)46-6)40-32(49-29)28(35(3,4)5)41-30(18)44/h7-10,12,14-16,18,27-28,34,39,43H,11,13H2,1-6H3,(H,41,44)/t18-,27+,28-,34-,36+/m1/s1. The highest BCUT2D eigenvalue weighted by Crippen LogP contribution is 2.59. The van der Waals surface area contributed by atoms with Gasteiger partial charge in [0, 0.05) is 29.2 Å². The topological polar surface area (TPSA) is 166 Å². The molecule has 3 N–H and O–H groups in total. The number of hydrogen-bond acceptors (Lipinski definition) is 11. The van der Waals surface area contributed by atoms with E-state index in [4.69, 9.17) is 23.3 Å². The number of aromatic nitrogens is 2. The Labute approximate surface area is 281 Å². The maximum atomic E-state index is 15.2. The summed E-state index contributed by atoms with van der Waals surface area (Å²) in [5, 5.41) is 17.0. The second-order valence-electron chi connectivity index (χ2n) is 14.3. The van der Waals surface area contributed by atoms with Crippen LogP contribution in [0.25, 0.3) is 11.6 Å². The first-order chi connectivity index (χ1) is 23.2. The van der Waals surface area contributed by atoms with E-state index in [1.54, 1.807) is 26.0 Å². The molecule has 0 radical (unpaired) electrons. The third-order valence-electron chi connectivity index (χ3n) is 9.56. The number of halogens is 1. The molecule has 4 bridgehead atoms. The smallest absolute Gasteiger partial charge is 0.360 e. The predicted molar refractivity (Wildman–Crippen MR) is 172 cm³/mol. The van der Waals surface area contributed by atoms with Crippen LogP contribution in [0.15, 0.2) is 51.5 Å². The number of carbonyl (C=O) groups excluding carboxylic acids is 3. The molecule has 5 atom stereocenters. The lowest BCUT2D eigenvalue weighted by Crippen LogP contribution is -2.42. The van der Waals surface area contributed by atoms with Gasteiger partial charge in [-0.25, -0.2) is 19.2 Å². The maximum absolute atomic E-state index is 15.2. The number of nitrogens with zero attached hydrogens (tertiary/aromatic N) is 2. The van der Waals surface area contributed by atoms with Gasteiger partial charge in [0.15, 0.2) is 29.2 Å². The molecule has 1 amide bonds. The Balaban J connectivity index is 1.51. The van der Waals surface area contributed by atoms with Crippen LogP contribution in [-0.2, 0) is 26.2 Å². The van der Waals surface area contributed by atoms with Crippen molar-refractivity contribution < 1.29 is 42.2 Å². The SMILES string of the molecule is COC(=O)c1coc(-c2nc3oc2[C@@]24c5cc(F)ccc5N[C@@H]2Oc2ccc(cc24)C[C@H](CC(=O)[C@@H](O)C(C)C)C(=O)N[C@H]3C(C)(C)C)n1. The van der Waals surface area contributed by atoms with Crippen molar-refractivity contribution in [3.8, 4) is 17.3 Å². The van der Waals surface area contributed by atoms with Crippen LogP contribution in [-0.4, -0.2) is 52.2 Å². The van der Waals surface area contributed by atoms with E-state index in [0.717, 1.165) is 6.26 Å². The molecule has 0 unspecified atom stereocenters. The van der Waals surface area contributed by atoms with Gasteiger partial charge in [0.25, 0.3) is 0 Å². The van der Waals surface area contributed by atoms with E-state index in [2.05, 4.69) is 15.6 Å². The van der Waals surface area contributed by atoms with Gasteiger partial charge >= 0.3 is 5.97 Å². The van der Waals surface area contributed by atoms with Gasteiger partial charge in [-0.15, -0.1) is 0 Å². The third-order valence-corrected chi connectivity index (χ3v) is 9.56. The molecule has 0 fully saturated rings. The molecular weight excluding hydrogens is 635 g/mol. The number of rotatable bonds is 6. The number of Topliss-reactive ketones (excluding diaryl/α,β-unsaturated/α-hetero) is 1. The largest absolute Gasteiger partial charge is 0.469 e. The fourth-order valence-electron chi connectivity index (χ4n) is 7.01. The number of nitrogens with one attached hydrogen (secondary N) is 2. The number of ether oxygens (including phenoxy) is 2. The number of anilines is 1. The van der Waals surface area contributed by atoms with E-state index in [-0.39, 0.29) is 47.7 Å². The molecule has 4 aromatic rings. The minimum atomic E-state index is -1.34. The average molecular weight is 673 g/mol. The minimum absolute atomic E-state index is 0.0620. The summed E-state index contributed by atoms with van der Waals surface area (Å²) in [7, 11) is 1.22. The van der Waals surface area contributed by atoms with Gasteiger partial charge in [0.1, 0.15) is 35.4 Å². The summed E-state index contributed by atoms with van der Waals surface area (Å²) in [6, 6.07) is 9.00. The van der Waals surface area contributed by atoms with Gasteiger partial charge in [0.05, 0.1) is 7.11 Å². The summed E-state index contributed by atoms with van der Waals surface area (Å²) < 4.78 is 39.1. The number of amides is 1. The van der Waals surface area contributed by atoms with Gasteiger partial charge in [-0.05, 0) is 47.6 Å². The van der Waals surface area contributed by atoms with Crippen LogP contribution in [0.5, 0.6) is 5.75 Å². The number of oxazole rings is 2. The van der Waals surface area contributed by atoms with Crippen LogP contribution in [0.1, 0.15) is 85.9 Å². The Hall–Kier alpha value is -5.04. The molecule has 12 nitrogen and oxygen atoms in total. The molecule has 2 aromatic carbocycles. The monoisotopic (exact) mass is 672 g/mol. The Kier molecular flexibility index (Phi) is 7.65. The summed E-state index contributed by atoms with van der Waals surface area (Å²) >= 11 is 0. The number of carbonyl (C=O) groups is 3. The van der Waals surface area contributed by atoms with Gasteiger partial charge in [-0.3, -0.25) is 9.59 Å². The molecule has 256 valence electrons. The van der Waals surface area contributed by atoms with Crippen LogP contribution in [0.4, 0.5) is 10.1 Å². The van der Waals surface area contributed by atoms with Crippen LogP contribution in [0.2, 0.25) is 0 Å². The van der Waals surface area contributed by atoms with E-state index < -0.39 is 58.6 Å². The summed E-state index contributed by atoms with van der Waals surface area (Å²) in [6.07, 6.45) is -0.940. The van der Waals surface area contributed by atoms with E-state index in [0.29, 0.717) is 28.1 Å². The molecule has 7 rings (SSSR count). The Bertz CT molecular complexity index is 1990. The van der Waals surface area contributed by atoms with E-state index in [1.165, 1.54) is 19.2 Å². The summed E-state index contributed by atoms with van der Waals surface area (Å²) in [5.74, 6) is -2.53. The number of aliphatic hydroxyl groups excluding tert-OH is 1. The van der Waals surface area contributed by atoms with E-state index >= 15 is 4.39 Å². The summed E-state index contributed by atoms with van der Waals surface area (Å²) in [4.78, 5) is 49.0. The molecule has 0 saturated carbocycles. The zero-order valence-corrected chi connectivity index (χ0v) is 27.9.